The number of hydrogen-bond donors (Lipinski definition) is 1. The molecule has 1 aromatic rings. The Kier molecular flexibility index (Phi) is 6.04. The minimum atomic E-state index is 0.672. The molecule has 1 aromatic carbocycles. The maximum absolute atomic E-state index is 4.20. The van der Waals surface area contributed by atoms with E-state index in [9.17, 15) is 0 Å². The predicted molar refractivity (Wildman–Crippen MR) is 114 cm³/mol. The highest BCUT2D eigenvalue weighted by molar-refractivity contribution is 5.77. The summed E-state index contributed by atoms with van der Waals surface area (Å²) < 4.78 is 0. The van der Waals surface area contributed by atoms with Crippen molar-refractivity contribution in [2.75, 3.05) is 26.7 Å². The molecule has 26 heavy (non-hydrogen) atoms. The lowest BCUT2D eigenvalue weighted by Gasteiger charge is -2.59. The third-order valence-corrected chi connectivity index (χ3v) is 6.30. The van der Waals surface area contributed by atoms with Gasteiger partial charge in [-0.2, -0.15) is 0 Å². The van der Waals surface area contributed by atoms with Crippen LogP contribution in [0.5, 0.6) is 0 Å². The van der Waals surface area contributed by atoms with Gasteiger partial charge in [0.15, 0.2) is 0 Å². The molecular weight excluding hydrogens is 316 g/mol. The highest BCUT2D eigenvalue weighted by Gasteiger charge is 2.51. The molecule has 1 spiro atoms. The second-order valence-corrected chi connectivity index (χ2v) is 8.66. The zero-order valence-corrected chi connectivity index (χ0v) is 17.2. The quantitative estimate of drug-likeness (QED) is 0.696. The van der Waals surface area contributed by atoms with Crippen LogP contribution in [0.4, 0.5) is 0 Å². The maximum Gasteiger partial charge on any atom is 0.00765 e. The van der Waals surface area contributed by atoms with Crippen LogP contribution in [-0.4, -0.2) is 37.6 Å². The molecule has 2 fully saturated rings. The van der Waals surface area contributed by atoms with Crippen LogP contribution in [-0.2, 0) is 6.42 Å². The number of nitrogens with one attached hydrogen (secondary N) is 1. The molecule has 0 atom stereocenters. The lowest BCUT2D eigenvalue weighted by Crippen LogP contribution is -2.65. The second-order valence-electron chi connectivity index (χ2n) is 8.66. The number of aryl methyl sites for hydroxylation is 1. The van der Waals surface area contributed by atoms with E-state index in [0.717, 1.165) is 12.5 Å². The molecule has 1 aliphatic heterocycles. The highest BCUT2D eigenvalue weighted by atomic mass is 15.2. The Bertz CT molecular complexity index is 671. The first-order chi connectivity index (χ1) is 12.5. The van der Waals surface area contributed by atoms with Gasteiger partial charge >= 0.3 is 0 Å². The van der Waals surface area contributed by atoms with Crippen molar-refractivity contribution in [3.63, 3.8) is 0 Å². The van der Waals surface area contributed by atoms with Crippen LogP contribution >= 0.6 is 0 Å². The summed E-state index contributed by atoms with van der Waals surface area (Å²) in [4.78, 5) is 2.65. The maximum atomic E-state index is 4.20. The van der Waals surface area contributed by atoms with Crippen molar-refractivity contribution < 1.29 is 0 Å². The molecule has 0 unspecified atom stereocenters. The molecule has 0 radical (unpaired) electrons. The van der Waals surface area contributed by atoms with Crippen molar-refractivity contribution in [3.05, 3.63) is 47.5 Å². The van der Waals surface area contributed by atoms with Gasteiger partial charge in [-0.05, 0) is 87.2 Å². The van der Waals surface area contributed by atoms with Crippen LogP contribution in [0.2, 0.25) is 0 Å². The SMILES string of the molecule is C=C(C)c1cc(CCCN2CC3(CC(NC)C3)C2)ccc1C(C)=CCC. The van der Waals surface area contributed by atoms with Crippen LogP contribution in [0.1, 0.15) is 63.1 Å². The Hall–Kier alpha value is -1.38. The van der Waals surface area contributed by atoms with Crippen LogP contribution in [0, 0.1) is 5.41 Å². The molecule has 1 aliphatic carbocycles. The summed E-state index contributed by atoms with van der Waals surface area (Å²) in [7, 11) is 2.10. The summed E-state index contributed by atoms with van der Waals surface area (Å²) in [5.41, 5.74) is 7.32. The fourth-order valence-electron chi connectivity index (χ4n) is 4.88. The van der Waals surface area contributed by atoms with Crippen molar-refractivity contribution in [1.82, 2.24) is 10.2 Å². The van der Waals surface area contributed by atoms with E-state index in [0.29, 0.717) is 5.41 Å². The van der Waals surface area contributed by atoms with Crippen molar-refractivity contribution in [2.24, 2.45) is 5.41 Å². The second kappa shape index (κ2) is 8.10. The molecule has 1 saturated heterocycles. The molecule has 0 aromatic heterocycles. The highest BCUT2D eigenvalue weighted by Crippen LogP contribution is 2.48. The number of likely N-dealkylation sites (tertiary alicyclic amines) is 1. The van der Waals surface area contributed by atoms with E-state index >= 15 is 0 Å². The predicted octanol–water partition coefficient (Wildman–Crippen LogP) is 5.15. The average molecular weight is 353 g/mol. The van der Waals surface area contributed by atoms with E-state index < -0.39 is 0 Å². The summed E-state index contributed by atoms with van der Waals surface area (Å²) in [6, 6.07) is 7.76. The van der Waals surface area contributed by atoms with Gasteiger partial charge in [0.25, 0.3) is 0 Å². The number of benzene rings is 1. The standard InChI is InChI=1S/C24H36N2/c1-6-8-19(4)22-11-10-20(13-23(22)18(2)3)9-7-12-26-16-24(17-26)14-21(15-24)25-5/h8,10-11,13,21,25H,2,6-7,9,12,14-17H2,1,3-5H3. The van der Waals surface area contributed by atoms with Gasteiger partial charge in [-0.25, -0.2) is 0 Å². The zero-order chi connectivity index (χ0) is 18.7. The summed E-state index contributed by atoms with van der Waals surface area (Å²) in [6.45, 7) is 14.6. The lowest BCUT2D eigenvalue weighted by atomic mass is 9.60. The van der Waals surface area contributed by atoms with Gasteiger partial charge in [0, 0.05) is 19.1 Å². The van der Waals surface area contributed by atoms with Crippen molar-refractivity contribution in [2.45, 2.75) is 58.9 Å². The van der Waals surface area contributed by atoms with Gasteiger partial charge in [-0.1, -0.05) is 43.4 Å². The summed E-state index contributed by atoms with van der Waals surface area (Å²) in [6.07, 6.45) is 8.57. The lowest BCUT2D eigenvalue weighted by molar-refractivity contribution is -0.0771. The topological polar surface area (TPSA) is 15.3 Å². The zero-order valence-electron chi connectivity index (χ0n) is 17.2. The molecule has 3 rings (SSSR count). The van der Waals surface area contributed by atoms with Gasteiger partial charge in [-0.3, -0.25) is 0 Å². The molecule has 0 bridgehead atoms. The van der Waals surface area contributed by atoms with Gasteiger partial charge in [-0.15, -0.1) is 0 Å². The third kappa shape index (κ3) is 4.13. The molecule has 1 heterocycles. The smallest absolute Gasteiger partial charge is 0.00765 e. The first-order valence-electron chi connectivity index (χ1n) is 10.3. The van der Waals surface area contributed by atoms with Crippen LogP contribution in [0.3, 0.4) is 0 Å². The Balaban J connectivity index is 1.50. The number of hydrogen-bond acceptors (Lipinski definition) is 2. The van der Waals surface area contributed by atoms with E-state index in [4.69, 9.17) is 0 Å². The number of rotatable bonds is 8. The molecule has 1 saturated carbocycles. The van der Waals surface area contributed by atoms with Crippen LogP contribution in [0.15, 0.2) is 30.9 Å². The van der Waals surface area contributed by atoms with E-state index in [1.54, 1.807) is 0 Å². The summed E-state index contributed by atoms with van der Waals surface area (Å²) in [5.74, 6) is 0. The first-order valence-corrected chi connectivity index (χ1v) is 10.3. The Morgan fingerprint density at radius 2 is 2.00 bits per heavy atom. The number of nitrogens with zero attached hydrogens (tertiary/aromatic N) is 1. The largest absolute Gasteiger partial charge is 0.317 e. The minimum Gasteiger partial charge on any atom is -0.317 e. The number of allylic oxidation sites excluding steroid dienone is 3. The molecule has 1 N–H and O–H groups in total. The van der Waals surface area contributed by atoms with E-state index in [1.807, 2.05) is 0 Å². The van der Waals surface area contributed by atoms with Crippen molar-refractivity contribution >= 4 is 11.1 Å². The van der Waals surface area contributed by atoms with Gasteiger partial charge < -0.3 is 10.2 Å². The molecule has 0 amide bonds. The molecule has 2 nitrogen and oxygen atoms in total. The average Bonchev–Trinajstić information content (AvgIpc) is 2.55. The Morgan fingerprint density at radius 3 is 2.62 bits per heavy atom. The first kappa shape index (κ1) is 19.4. The normalized spacial score (nSPS) is 20.1. The van der Waals surface area contributed by atoms with Crippen LogP contribution in [0.25, 0.3) is 11.1 Å². The van der Waals surface area contributed by atoms with E-state index in [1.165, 1.54) is 73.2 Å². The fourth-order valence-corrected chi connectivity index (χ4v) is 4.88. The van der Waals surface area contributed by atoms with Crippen molar-refractivity contribution in [3.8, 4) is 0 Å². The Labute approximate surface area is 160 Å². The third-order valence-electron chi connectivity index (χ3n) is 6.30. The van der Waals surface area contributed by atoms with Crippen molar-refractivity contribution in [1.29, 1.82) is 0 Å². The van der Waals surface area contributed by atoms with Gasteiger partial charge in [0.1, 0.15) is 0 Å². The molecule has 2 heteroatoms. The van der Waals surface area contributed by atoms with Crippen LogP contribution < -0.4 is 5.32 Å². The Morgan fingerprint density at radius 1 is 1.27 bits per heavy atom. The molecule has 2 aliphatic rings. The molecular formula is C24H36N2. The minimum absolute atomic E-state index is 0.672. The van der Waals surface area contributed by atoms with Gasteiger partial charge in [0.2, 0.25) is 0 Å². The fraction of sp³-hybridized carbons (Fsp3) is 0.583. The van der Waals surface area contributed by atoms with Gasteiger partial charge in [0.05, 0.1) is 0 Å². The summed E-state index contributed by atoms with van der Waals surface area (Å²) in [5, 5.41) is 3.41. The summed E-state index contributed by atoms with van der Waals surface area (Å²) >= 11 is 0. The van der Waals surface area contributed by atoms with E-state index in [-0.39, 0.29) is 0 Å². The monoisotopic (exact) mass is 352 g/mol. The van der Waals surface area contributed by atoms with E-state index in [2.05, 4.69) is 68.9 Å². The molecule has 142 valence electrons.